The van der Waals surface area contributed by atoms with Crippen LogP contribution in [0.3, 0.4) is 0 Å². The van der Waals surface area contributed by atoms with Crippen molar-refractivity contribution in [2.45, 2.75) is 126 Å². The molecule has 3 fully saturated rings. The monoisotopic (exact) mass is 763 g/mol. The van der Waals surface area contributed by atoms with Gasteiger partial charge in [0, 0.05) is 24.4 Å². The number of halogens is 2. The Labute approximate surface area is 307 Å². The number of ether oxygens (including phenoxy) is 2. The minimum Gasteiger partial charge on any atom is -0.444 e. The van der Waals surface area contributed by atoms with Crippen LogP contribution in [-0.4, -0.2) is 95.8 Å². The van der Waals surface area contributed by atoms with Crippen molar-refractivity contribution >= 4 is 39.9 Å². The van der Waals surface area contributed by atoms with Gasteiger partial charge in [-0.25, -0.2) is 26.8 Å². The summed E-state index contributed by atoms with van der Waals surface area (Å²) in [6, 6.07) is -0.363. The van der Waals surface area contributed by atoms with Gasteiger partial charge in [-0.1, -0.05) is 25.0 Å². The first-order valence-electron chi connectivity index (χ1n) is 18.2. The summed E-state index contributed by atoms with van der Waals surface area (Å²) in [6.45, 7) is 4.59. The summed E-state index contributed by atoms with van der Waals surface area (Å²) in [5.41, 5.74) is -2.23. The average molecular weight is 764 g/mol. The molecule has 1 saturated heterocycles. The number of fused-ring (bicyclic) bond motifs is 3. The lowest BCUT2D eigenvalue weighted by molar-refractivity contribution is -0.141. The number of benzene rings is 1. The highest BCUT2D eigenvalue weighted by atomic mass is 32.2. The van der Waals surface area contributed by atoms with Crippen LogP contribution in [0, 0.1) is 17.6 Å². The Morgan fingerprint density at radius 3 is 2.43 bits per heavy atom. The maximum absolute atomic E-state index is 14.6. The Balaban J connectivity index is 1.25. The summed E-state index contributed by atoms with van der Waals surface area (Å²) >= 11 is 0. The molecule has 0 radical (unpaired) electrons. The van der Waals surface area contributed by atoms with Crippen LogP contribution in [0.25, 0.3) is 0 Å². The number of hydrogen-bond acceptors (Lipinski definition) is 9. The molecule has 0 aromatic heterocycles. The van der Waals surface area contributed by atoms with Crippen LogP contribution in [0.2, 0.25) is 0 Å². The van der Waals surface area contributed by atoms with Gasteiger partial charge in [0.25, 0.3) is 5.91 Å². The molecule has 17 heteroatoms. The number of hydrogen-bond donors (Lipinski definition) is 3. The van der Waals surface area contributed by atoms with Crippen molar-refractivity contribution < 1.29 is 50.6 Å². The van der Waals surface area contributed by atoms with Crippen molar-refractivity contribution in [2.75, 3.05) is 13.1 Å². The molecule has 3 heterocycles. The molecule has 6 rings (SSSR count). The van der Waals surface area contributed by atoms with Crippen LogP contribution in [0.15, 0.2) is 24.3 Å². The normalized spacial score (nSPS) is 28.5. The number of carbonyl (C=O) groups excluding carboxylic acids is 5. The van der Waals surface area contributed by atoms with E-state index in [9.17, 15) is 41.2 Å². The first-order chi connectivity index (χ1) is 25.0. The van der Waals surface area contributed by atoms with E-state index < -0.39 is 92.1 Å². The fourth-order valence-corrected chi connectivity index (χ4v) is 8.63. The van der Waals surface area contributed by atoms with Crippen LogP contribution in [0.4, 0.5) is 18.4 Å². The standard InChI is InChI=1S/C36H47F2N5O9S/c1-35(2,3)52-33(47)39-28-10-8-6-4-5-7-9-21-18-36(21,32(46)41-53(49,50)23-11-12-23)40-30(44)29-17-22(19-43(29)31(28)45)51-34(48)42-16-15-24-25(20-42)27(38)14-13-26(24)37/h7,9,13-14,21-23,28-29H,4-6,8,10-12,15-20H2,1-3H3,(H,39,47)(H,40,44)(H,41,46)/b9-7-/t21-,22+,28-,29-,36+/m0/s1. The molecule has 3 aliphatic heterocycles. The zero-order valence-corrected chi connectivity index (χ0v) is 30.9. The molecule has 53 heavy (non-hydrogen) atoms. The smallest absolute Gasteiger partial charge is 0.410 e. The lowest BCUT2D eigenvalue weighted by Gasteiger charge is -2.30. The first kappa shape index (κ1) is 38.4. The van der Waals surface area contributed by atoms with Gasteiger partial charge in [0.1, 0.15) is 41.0 Å². The third kappa shape index (κ3) is 8.76. The van der Waals surface area contributed by atoms with E-state index in [4.69, 9.17) is 9.47 Å². The highest BCUT2D eigenvalue weighted by Gasteiger charge is 2.62. The minimum absolute atomic E-state index is 0.0400. The average Bonchev–Trinajstić information content (AvgIpc) is 4.01. The lowest BCUT2D eigenvalue weighted by Crippen LogP contribution is -2.58. The number of nitrogens with zero attached hydrogens (tertiary/aromatic N) is 2. The maximum Gasteiger partial charge on any atom is 0.410 e. The van der Waals surface area contributed by atoms with Gasteiger partial charge in [-0.05, 0) is 83.4 Å². The number of allylic oxidation sites excluding steroid dienone is 1. The molecular formula is C36H47F2N5O9S. The summed E-state index contributed by atoms with van der Waals surface area (Å²) in [7, 11) is -3.94. The van der Waals surface area contributed by atoms with Crippen LogP contribution in [0.1, 0.15) is 89.7 Å². The first-order valence-corrected chi connectivity index (χ1v) is 19.8. The highest BCUT2D eigenvalue weighted by molar-refractivity contribution is 7.91. The predicted molar refractivity (Wildman–Crippen MR) is 185 cm³/mol. The van der Waals surface area contributed by atoms with E-state index in [1.54, 1.807) is 26.8 Å². The Morgan fingerprint density at radius 2 is 1.74 bits per heavy atom. The number of carbonyl (C=O) groups is 5. The molecule has 1 aromatic rings. The van der Waals surface area contributed by atoms with Crippen LogP contribution in [-0.2, 0) is 46.8 Å². The number of alkyl carbamates (subject to hydrolysis) is 1. The van der Waals surface area contributed by atoms with Gasteiger partial charge in [0.15, 0.2) is 0 Å². The van der Waals surface area contributed by atoms with Gasteiger partial charge in [0.05, 0.1) is 18.3 Å². The number of rotatable bonds is 5. The zero-order valence-electron chi connectivity index (χ0n) is 30.1. The van der Waals surface area contributed by atoms with E-state index in [1.165, 1.54) is 9.80 Å². The fourth-order valence-electron chi connectivity index (χ4n) is 7.26. The van der Waals surface area contributed by atoms with E-state index in [0.717, 1.165) is 18.6 Å². The zero-order chi connectivity index (χ0) is 38.3. The van der Waals surface area contributed by atoms with Crippen molar-refractivity contribution in [3.05, 3.63) is 47.0 Å². The maximum atomic E-state index is 14.6. The topological polar surface area (TPSA) is 181 Å². The van der Waals surface area contributed by atoms with Crippen LogP contribution >= 0.6 is 0 Å². The summed E-state index contributed by atoms with van der Waals surface area (Å²) < 4.78 is 67.8. The van der Waals surface area contributed by atoms with Gasteiger partial charge in [-0.3, -0.25) is 19.1 Å². The van der Waals surface area contributed by atoms with Crippen molar-refractivity contribution in [1.82, 2.24) is 25.2 Å². The van der Waals surface area contributed by atoms with Gasteiger partial charge >= 0.3 is 12.2 Å². The summed E-state index contributed by atoms with van der Waals surface area (Å²) in [5, 5.41) is 4.73. The van der Waals surface area contributed by atoms with E-state index in [2.05, 4.69) is 15.4 Å². The van der Waals surface area contributed by atoms with Crippen LogP contribution < -0.4 is 15.4 Å². The Hall–Kier alpha value is -4.28. The van der Waals surface area contributed by atoms with Crippen molar-refractivity contribution in [2.24, 2.45) is 5.92 Å². The molecule has 5 atom stereocenters. The number of nitrogens with one attached hydrogen (secondary N) is 3. The molecule has 0 spiro atoms. The third-order valence-electron chi connectivity index (χ3n) is 10.4. The molecule has 2 aliphatic carbocycles. The Bertz CT molecular complexity index is 1800. The Morgan fingerprint density at radius 1 is 1.02 bits per heavy atom. The molecule has 0 bridgehead atoms. The number of amides is 5. The molecule has 3 N–H and O–H groups in total. The molecule has 0 unspecified atom stereocenters. The molecule has 290 valence electrons. The predicted octanol–water partition coefficient (Wildman–Crippen LogP) is 3.33. The summed E-state index contributed by atoms with van der Waals surface area (Å²) in [5.74, 6) is -3.99. The molecular weight excluding hydrogens is 716 g/mol. The molecule has 5 aliphatic rings. The van der Waals surface area contributed by atoms with Crippen molar-refractivity contribution in [1.29, 1.82) is 0 Å². The summed E-state index contributed by atoms with van der Waals surface area (Å²) in [6.07, 6.45) is 4.69. The Kier molecular flexibility index (Phi) is 10.8. The second-order valence-corrected chi connectivity index (χ2v) is 17.6. The number of sulfonamides is 1. The van der Waals surface area contributed by atoms with Gasteiger partial charge in [-0.2, -0.15) is 0 Å². The second kappa shape index (κ2) is 14.9. The third-order valence-corrected chi connectivity index (χ3v) is 12.2. The van der Waals surface area contributed by atoms with E-state index in [1.807, 2.05) is 6.08 Å². The SMILES string of the molecule is CC(C)(C)OC(=O)N[C@H]1CCCCC/C=C\[C@H]2C[C@@]2(C(=O)NS(=O)(=O)C2CC2)NC(=O)[C@@H]2C[C@@H](OC(=O)N3CCc4c(F)ccc(F)c4C3)CN2C1=O. The fraction of sp³-hybridized carbons (Fsp3) is 0.639. The largest absolute Gasteiger partial charge is 0.444 e. The second-order valence-electron chi connectivity index (χ2n) is 15.6. The summed E-state index contributed by atoms with van der Waals surface area (Å²) in [4.78, 5) is 70.8. The van der Waals surface area contributed by atoms with Gasteiger partial charge in [-0.15, -0.1) is 0 Å². The molecule has 1 aromatic carbocycles. The van der Waals surface area contributed by atoms with Crippen molar-refractivity contribution in [3.8, 4) is 0 Å². The minimum atomic E-state index is -3.94. The molecule has 2 saturated carbocycles. The van der Waals surface area contributed by atoms with Gasteiger partial charge < -0.3 is 29.9 Å². The quantitative estimate of drug-likeness (QED) is 0.380. The van der Waals surface area contributed by atoms with Crippen molar-refractivity contribution in [3.63, 3.8) is 0 Å². The van der Waals surface area contributed by atoms with E-state index in [-0.39, 0.29) is 56.4 Å². The highest BCUT2D eigenvalue weighted by Crippen LogP contribution is 2.46. The molecule has 5 amide bonds. The molecule has 14 nitrogen and oxygen atoms in total. The van der Waals surface area contributed by atoms with Gasteiger partial charge in [0.2, 0.25) is 21.8 Å². The van der Waals surface area contributed by atoms with E-state index >= 15 is 0 Å². The van der Waals surface area contributed by atoms with E-state index in [0.29, 0.717) is 32.1 Å². The lowest BCUT2D eigenvalue weighted by atomic mass is 9.99. The van der Waals surface area contributed by atoms with Crippen LogP contribution in [0.5, 0.6) is 0 Å².